The van der Waals surface area contributed by atoms with Gasteiger partial charge in [-0.1, -0.05) is 27.4 Å². The first-order valence-electron chi connectivity index (χ1n) is 8.68. The Kier molecular flexibility index (Phi) is 6.05. The summed E-state index contributed by atoms with van der Waals surface area (Å²) in [6.07, 6.45) is 10.3. The zero-order chi connectivity index (χ0) is 20.3. The highest BCUT2D eigenvalue weighted by Gasteiger charge is 2.31. The summed E-state index contributed by atoms with van der Waals surface area (Å²) in [6.45, 7) is 9.66. The Morgan fingerprint density at radius 2 is 2.07 bits per heavy atom. The Morgan fingerprint density at radius 3 is 2.59 bits per heavy atom. The number of fused-ring (bicyclic) bond motifs is 1. The lowest BCUT2D eigenvalue weighted by Gasteiger charge is -2.18. The maximum absolute atomic E-state index is 12.0. The number of amides is 1. The fraction of sp³-hybridized carbons (Fsp3) is 0.474. The molecule has 144 valence electrons. The Bertz CT molecular complexity index is 868. The van der Waals surface area contributed by atoms with Gasteiger partial charge in [-0.15, -0.1) is 12.8 Å². The molecule has 3 heterocycles. The molecule has 8 heteroatoms. The van der Waals surface area contributed by atoms with E-state index >= 15 is 0 Å². The predicted octanol–water partition coefficient (Wildman–Crippen LogP) is 2.80. The Labute approximate surface area is 159 Å². The van der Waals surface area contributed by atoms with E-state index in [0.717, 1.165) is 12.2 Å². The van der Waals surface area contributed by atoms with Gasteiger partial charge in [0.05, 0.1) is 5.76 Å². The van der Waals surface area contributed by atoms with Crippen LogP contribution in [0.3, 0.4) is 0 Å². The molecule has 1 saturated heterocycles. The molecule has 27 heavy (non-hydrogen) atoms. The molecular weight excluding hydrogens is 344 g/mol. The zero-order valence-corrected chi connectivity index (χ0v) is 16.4. The lowest BCUT2D eigenvalue weighted by molar-refractivity contribution is -0.118. The topological polar surface area (TPSA) is 85.2 Å². The number of hydrogen-bond acceptors (Lipinski definition) is 6. The number of carbonyl (C=O) groups is 1. The minimum Gasteiger partial charge on any atom is -0.475 e. The number of hydrogen-bond donors (Lipinski definition) is 1. The smallest absolute Gasteiger partial charge is 0.233 e. The highest BCUT2D eigenvalue weighted by molar-refractivity contribution is 5.92. The minimum atomic E-state index is -0.212. The van der Waals surface area contributed by atoms with Gasteiger partial charge >= 0.3 is 0 Å². The number of ether oxygens (including phenoxy) is 1. The van der Waals surface area contributed by atoms with Gasteiger partial charge in [0.25, 0.3) is 0 Å². The molecule has 2 atom stereocenters. The summed E-state index contributed by atoms with van der Waals surface area (Å²) in [4.78, 5) is 27.3. The van der Waals surface area contributed by atoms with E-state index < -0.39 is 0 Å². The highest BCUT2D eigenvalue weighted by Crippen LogP contribution is 2.37. The van der Waals surface area contributed by atoms with Crippen molar-refractivity contribution in [2.75, 3.05) is 24.3 Å². The molecule has 1 aliphatic rings. The fourth-order valence-electron chi connectivity index (χ4n) is 2.84. The highest BCUT2D eigenvalue weighted by atomic mass is 16.5. The first-order chi connectivity index (χ1) is 12.8. The SMILES string of the molecule is C#C.C=C1C[C@H](C)[C@H](n2cnc3c(N(C)C)nc(NC(=O)C(C)C)nc32)O1. The lowest BCUT2D eigenvalue weighted by atomic mass is 10.1. The number of nitrogens with one attached hydrogen (secondary N) is 1. The third kappa shape index (κ3) is 4.03. The van der Waals surface area contributed by atoms with E-state index in [4.69, 9.17) is 4.74 Å². The van der Waals surface area contributed by atoms with Gasteiger partial charge in [-0.2, -0.15) is 9.97 Å². The van der Waals surface area contributed by atoms with Crippen molar-refractivity contribution in [3.05, 3.63) is 18.7 Å². The van der Waals surface area contributed by atoms with E-state index in [1.165, 1.54) is 0 Å². The van der Waals surface area contributed by atoms with Crippen molar-refractivity contribution in [3.63, 3.8) is 0 Å². The second-order valence-corrected chi connectivity index (χ2v) is 6.96. The Balaban J connectivity index is 0.00000126. The number of carbonyl (C=O) groups excluding carboxylic acids is 1. The Morgan fingerprint density at radius 1 is 1.41 bits per heavy atom. The molecule has 0 aliphatic carbocycles. The quantitative estimate of drug-likeness (QED) is 0.833. The van der Waals surface area contributed by atoms with Gasteiger partial charge in [0.1, 0.15) is 6.33 Å². The first-order valence-corrected chi connectivity index (χ1v) is 8.68. The van der Waals surface area contributed by atoms with E-state index in [9.17, 15) is 4.79 Å². The third-order valence-electron chi connectivity index (χ3n) is 4.18. The number of aromatic nitrogens is 4. The number of rotatable bonds is 4. The molecule has 0 saturated carbocycles. The number of allylic oxidation sites excluding steroid dienone is 1. The van der Waals surface area contributed by atoms with Crippen molar-refractivity contribution in [1.29, 1.82) is 0 Å². The number of imidazole rings is 1. The van der Waals surface area contributed by atoms with Crippen LogP contribution >= 0.6 is 0 Å². The van der Waals surface area contributed by atoms with Gasteiger partial charge in [-0.3, -0.25) is 14.7 Å². The Hall–Kier alpha value is -3.08. The second kappa shape index (κ2) is 8.08. The van der Waals surface area contributed by atoms with Crippen molar-refractivity contribution in [3.8, 4) is 12.8 Å². The zero-order valence-electron chi connectivity index (χ0n) is 16.4. The van der Waals surface area contributed by atoms with Crippen LogP contribution in [0, 0.1) is 24.7 Å². The molecular formula is C19H26N6O2. The summed E-state index contributed by atoms with van der Waals surface area (Å²) in [7, 11) is 3.76. The van der Waals surface area contributed by atoms with E-state index in [1.54, 1.807) is 6.33 Å². The van der Waals surface area contributed by atoms with E-state index in [-0.39, 0.29) is 29.9 Å². The van der Waals surface area contributed by atoms with Crippen LogP contribution in [0.5, 0.6) is 0 Å². The molecule has 0 radical (unpaired) electrons. The number of terminal acetylenes is 1. The monoisotopic (exact) mass is 370 g/mol. The van der Waals surface area contributed by atoms with Crippen molar-refractivity contribution >= 4 is 28.8 Å². The average molecular weight is 370 g/mol. The molecule has 1 amide bonds. The van der Waals surface area contributed by atoms with Crippen LogP contribution in [-0.2, 0) is 9.53 Å². The first kappa shape index (κ1) is 20.2. The molecule has 0 aromatic carbocycles. The van der Waals surface area contributed by atoms with E-state index in [0.29, 0.717) is 17.0 Å². The van der Waals surface area contributed by atoms with Crippen LogP contribution in [0.25, 0.3) is 11.2 Å². The molecule has 0 unspecified atom stereocenters. The summed E-state index contributed by atoms with van der Waals surface area (Å²) in [6, 6.07) is 0. The van der Waals surface area contributed by atoms with Crippen molar-refractivity contribution in [1.82, 2.24) is 19.5 Å². The van der Waals surface area contributed by atoms with Crippen LogP contribution in [0.1, 0.15) is 33.4 Å². The summed E-state index contributed by atoms with van der Waals surface area (Å²) in [5, 5.41) is 2.77. The second-order valence-electron chi connectivity index (χ2n) is 6.96. The summed E-state index contributed by atoms with van der Waals surface area (Å²) in [5.41, 5.74) is 1.30. The van der Waals surface area contributed by atoms with Crippen molar-refractivity contribution < 1.29 is 9.53 Å². The summed E-state index contributed by atoms with van der Waals surface area (Å²) < 4.78 is 7.74. The fourth-order valence-corrected chi connectivity index (χ4v) is 2.84. The van der Waals surface area contributed by atoms with Crippen LogP contribution in [0.2, 0.25) is 0 Å². The van der Waals surface area contributed by atoms with Crippen LogP contribution in [-0.4, -0.2) is 39.5 Å². The summed E-state index contributed by atoms with van der Waals surface area (Å²) >= 11 is 0. The van der Waals surface area contributed by atoms with Gasteiger partial charge < -0.3 is 9.64 Å². The minimum absolute atomic E-state index is 0.131. The summed E-state index contributed by atoms with van der Waals surface area (Å²) in [5.74, 6) is 1.64. The molecule has 1 fully saturated rings. The maximum atomic E-state index is 12.0. The molecule has 2 aromatic heterocycles. The van der Waals surface area contributed by atoms with Crippen LogP contribution < -0.4 is 10.2 Å². The molecule has 0 bridgehead atoms. The van der Waals surface area contributed by atoms with E-state index in [2.05, 4.69) is 46.6 Å². The molecule has 1 N–H and O–H groups in total. The maximum Gasteiger partial charge on any atom is 0.233 e. The predicted molar refractivity (Wildman–Crippen MR) is 106 cm³/mol. The van der Waals surface area contributed by atoms with E-state index in [1.807, 2.05) is 37.4 Å². The number of anilines is 2. The van der Waals surface area contributed by atoms with Crippen molar-refractivity contribution in [2.24, 2.45) is 11.8 Å². The normalized spacial score (nSPS) is 18.7. The van der Waals surface area contributed by atoms with Gasteiger partial charge in [-0.25, -0.2) is 4.98 Å². The van der Waals surface area contributed by atoms with Crippen LogP contribution in [0.4, 0.5) is 11.8 Å². The standard InChI is InChI=1S/C17H24N6O2.C2H2/c1-9(2)15(24)21-17-19-13(22(5)6)12-14(20-17)23(8-18-12)16-10(3)7-11(4)25-16;1-2/h8-10,16H,4,7H2,1-3,5-6H3,(H,19,20,21,24);1-2H/t10-,16+;/m0./s1. The lowest BCUT2D eigenvalue weighted by Crippen LogP contribution is -2.21. The molecule has 0 spiro atoms. The van der Waals surface area contributed by atoms with Crippen LogP contribution in [0.15, 0.2) is 18.7 Å². The largest absolute Gasteiger partial charge is 0.475 e. The van der Waals surface area contributed by atoms with Gasteiger partial charge in [-0.05, 0) is 0 Å². The molecule has 8 nitrogen and oxygen atoms in total. The molecule has 3 rings (SSSR count). The van der Waals surface area contributed by atoms with Gasteiger partial charge in [0.15, 0.2) is 23.2 Å². The molecule has 1 aliphatic heterocycles. The molecule has 2 aromatic rings. The van der Waals surface area contributed by atoms with Gasteiger partial charge in [0, 0.05) is 32.4 Å². The third-order valence-corrected chi connectivity index (χ3v) is 4.18. The van der Waals surface area contributed by atoms with Gasteiger partial charge in [0.2, 0.25) is 11.9 Å². The van der Waals surface area contributed by atoms with Crippen molar-refractivity contribution in [2.45, 2.75) is 33.4 Å². The average Bonchev–Trinajstić information content (AvgIpc) is 3.18. The number of nitrogens with zero attached hydrogens (tertiary/aromatic N) is 5.